The molecule has 0 aliphatic carbocycles. The van der Waals surface area contributed by atoms with Crippen LogP contribution in [0.5, 0.6) is 0 Å². The van der Waals surface area contributed by atoms with Crippen LogP contribution in [0.1, 0.15) is 17.6 Å². The monoisotopic (exact) mass is 448 g/mol. The predicted octanol–water partition coefficient (Wildman–Crippen LogP) is 2.90. The van der Waals surface area contributed by atoms with Crippen molar-refractivity contribution in [2.45, 2.75) is 13.0 Å². The van der Waals surface area contributed by atoms with Crippen LogP contribution in [0, 0.1) is 5.82 Å². The molecule has 2 N–H and O–H groups in total. The molecule has 0 atom stereocenters. The third kappa shape index (κ3) is 4.07. The summed E-state index contributed by atoms with van der Waals surface area (Å²) in [6.07, 6.45) is -2.91. The second-order valence-electron chi connectivity index (χ2n) is 7.35. The summed E-state index contributed by atoms with van der Waals surface area (Å²) in [5.74, 6) is -0.342. The van der Waals surface area contributed by atoms with Gasteiger partial charge in [0.15, 0.2) is 0 Å². The molecule has 0 saturated carbocycles. The Morgan fingerprint density at radius 3 is 2.66 bits per heavy atom. The van der Waals surface area contributed by atoms with Crippen molar-refractivity contribution < 1.29 is 17.9 Å². The maximum absolute atomic E-state index is 14.5. The third-order valence-electron chi connectivity index (χ3n) is 5.41. The summed E-state index contributed by atoms with van der Waals surface area (Å²) in [5.41, 5.74) is 0.0963. The zero-order valence-corrected chi connectivity index (χ0v) is 17.7. The number of rotatable bonds is 6. The van der Waals surface area contributed by atoms with Gasteiger partial charge in [-0.15, -0.1) is 0 Å². The Bertz CT molecular complexity index is 1190. The van der Waals surface area contributed by atoms with Gasteiger partial charge in [0.2, 0.25) is 5.95 Å². The first kappa shape index (κ1) is 21.9. The summed E-state index contributed by atoms with van der Waals surface area (Å²) in [7, 11) is 3.26. The Labute approximate surface area is 182 Å². The maximum atomic E-state index is 14.5. The lowest BCUT2D eigenvalue weighted by Crippen LogP contribution is -2.40. The van der Waals surface area contributed by atoms with E-state index in [2.05, 4.69) is 20.6 Å². The molecule has 0 radical (unpaired) electrons. The molecule has 1 aliphatic rings. The molecule has 1 aliphatic heterocycles. The molecule has 11 heteroatoms. The van der Waals surface area contributed by atoms with Crippen LogP contribution < -0.4 is 21.1 Å². The molecule has 1 fully saturated rings. The van der Waals surface area contributed by atoms with Gasteiger partial charge in [0, 0.05) is 39.3 Å². The second kappa shape index (κ2) is 9.03. The van der Waals surface area contributed by atoms with Gasteiger partial charge < -0.3 is 20.3 Å². The lowest BCUT2D eigenvalue weighted by molar-refractivity contribution is 0.122. The largest absolute Gasteiger partial charge is 0.378 e. The summed E-state index contributed by atoms with van der Waals surface area (Å²) < 4.78 is 47.4. The van der Waals surface area contributed by atoms with Gasteiger partial charge in [0.1, 0.15) is 23.0 Å². The van der Waals surface area contributed by atoms with Crippen LogP contribution in [0.25, 0.3) is 11.0 Å². The molecule has 1 aromatic carbocycles. The number of nitrogens with zero attached hydrogens (tertiary/aromatic N) is 4. The zero-order valence-electron chi connectivity index (χ0n) is 17.7. The molecule has 2 aromatic heterocycles. The van der Waals surface area contributed by atoms with E-state index in [9.17, 15) is 18.0 Å². The number of fused-ring (bicyclic) bond motifs is 1. The first-order valence-corrected chi connectivity index (χ1v) is 10.1. The Hall–Kier alpha value is -3.34. The summed E-state index contributed by atoms with van der Waals surface area (Å²) in [4.78, 5) is 23.7. The van der Waals surface area contributed by atoms with Gasteiger partial charge >= 0.3 is 0 Å². The van der Waals surface area contributed by atoms with Crippen molar-refractivity contribution in [3.05, 3.63) is 51.6 Å². The van der Waals surface area contributed by atoms with Crippen molar-refractivity contribution in [3.63, 3.8) is 0 Å². The minimum Gasteiger partial charge on any atom is -0.378 e. The number of nitrogens with one attached hydrogen (secondary N) is 2. The zero-order chi connectivity index (χ0) is 22.8. The van der Waals surface area contributed by atoms with E-state index in [1.165, 1.54) is 16.7 Å². The van der Waals surface area contributed by atoms with Gasteiger partial charge in [-0.05, 0) is 6.07 Å². The molecule has 3 aromatic rings. The van der Waals surface area contributed by atoms with Crippen molar-refractivity contribution in [2.24, 2.45) is 7.05 Å². The average molecular weight is 448 g/mol. The highest BCUT2D eigenvalue weighted by Crippen LogP contribution is 2.27. The molecule has 4 rings (SSSR count). The first-order valence-electron chi connectivity index (χ1n) is 10.1. The summed E-state index contributed by atoms with van der Waals surface area (Å²) >= 11 is 0. The molecule has 8 nitrogen and oxygen atoms in total. The molecular weight excluding hydrogens is 425 g/mol. The lowest BCUT2D eigenvalue weighted by Gasteiger charge is -2.28. The van der Waals surface area contributed by atoms with Crippen molar-refractivity contribution in [3.8, 4) is 0 Å². The molecule has 0 amide bonds. The number of benzene rings is 1. The summed E-state index contributed by atoms with van der Waals surface area (Å²) in [6.45, 7) is 2.11. The Kier molecular flexibility index (Phi) is 6.17. The minimum atomic E-state index is -2.91. The Morgan fingerprint density at radius 1 is 1.22 bits per heavy atom. The number of hydrogen-bond donors (Lipinski definition) is 2. The maximum Gasteiger partial charge on any atom is 0.275 e. The van der Waals surface area contributed by atoms with Crippen molar-refractivity contribution in [2.75, 3.05) is 48.9 Å². The van der Waals surface area contributed by atoms with E-state index >= 15 is 0 Å². The van der Waals surface area contributed by atoms with Gasteiger partial charge in [-0.1, -0.05) is 18.2 Å². The first-order chi connectivity index (χ1) is 15.4. The number of hydrogen-bond acceptors (Lipinski definition) is 7. The van der Waals surface area contributed by atoms with E-state index in [4.69, 9.17) is 4.74 Å². The smallest absolute Gasteiger partial charge is 0.275 e. The molecule has 1 saturated heterocycles. The number of morpholine rings is 1. The summed E-state index contributed by atoms with van der Waals surface area (Å²) in [6, 6.07) is 5.59. The van der Waals surface area contributed by atoms with Crippen molar-refractivity contribution >= 4 is 28.5 Å². The molecule has 3 heterocycles. The molecule has 0 bridgehead atoms. The molecule has 170 valence electrons. The van der Waals surface area contributed by atoms with Gasteiger partial charge in [-0.2, -0.15) is 9.97 Å². The summed E-state index contributed by atoms with van der Waals surface area (Å²) in [5, 5.41) is 6.42. The highest BCUT2D eigenvalue weighted by atomic mass is 19.3. The number of pyridine rings is 1. The van der Waals surface area contributed by atoms with E-state index in [1.54, 1.807) is 20.2 Å². The van der Waals surface area contributed by atoms with Crippen LogP contribution in [-0.4, -0.2) is 47.9 Å². The van der Waals surface area contributed by atoms with E-state index in [-0.39, 0.29) is 23.6 Å². The van der Waals surface area contributed by atoms with Crippen LogP contribution in [0.15, 0.2) is 29.1 Å². The number of alkyl halides is 2. The predicted molar refractivity (Wildman–Crippen MR) is 116 cm³/mol. The number of ether oxygens (including phenoxy) is 1. The third-order valence-corrected chi connectivity index (χ3v) is 5.41. The van der Waals surface area contributed by atoms with Crippen molar-refractivity contribution in [1.29, 1.82) is 0 Å². The van der Waals surface area contributed by atoms with E-state index in [1.807, 2.05) is 4.90 Å². The number of aryl methyl sites for hydroxylation is 1. The standard InChI is InChI=1S/C21H23F3N6O2/c1-25-21-27-18(26-11-12-4-3-5-13(16(12)22)17(23)24)14-10-15(30-6-8-32-9-7-30)20(31)29(2)19(14)28-21/h3-5,10,17H,6-9,11H2,1-2H3,(H2,25,26,27,28). The Balaban J connectivity index is 1.77. The SMILES string of the molecule is CNc1nc(NCc2cccc(C(F)F)c2F)c2cc(N3CCOCC3)c(=O)n(C)c2n1. The van der Waals surface area contributed by atoms with Gasteiger partial charge in [-0.3, -0.25) is 9.36 Å². The number of halogens is 3. The van der Waals surface area contributed by atoms with Gasteiger partial charge in [0.05, 0.1) is 24.2 Å². The van der Waals surface area contributed by atoms with Gasteiger partial charge in [0.25, 0.3) is 12.0 Å². The Morgan fingerprint density at radius 2 is 1.97 bits per heavy atom. The fourth-order valence-corrected chi connectivity index (χ4v) is 3.67. The van der Waals surface area contributed by atoms with E-state index < -0.39 is 17.8 Å². The minimum absolute atomic E-state index is 0.0720. The highest BCUT2D eigenvalue weighted by Gasteiger charge is 2.20. The van der Waals surface area contributed by atoms with Crippen molar-refractivity contribution in [1.82, 2.24) is 14.5 Å². The van der Waals surface area contributed by atoms with Gasteiger partial charge in [-0.25, -0.2) is 13.2 Å². The fraction of sp³-hybridized carbons (Fsp3) is 0.381. The normalized spacial score (nSPS) is 14.2. The molecule has 0 spiro atoms. The average Bonchev–Trinajstić information content (AvgIpc) is 2.80. The second-order valence-corrected chi connectivity index (χ2v) is 7.35. The van der Waals surface area contributed by atoms with E-state index in [0.29, 0.717) is 48.8 Å². The van der Waals surface area contributed by atoms with Crippen LogP contribution >= 0.6 is 0 Å². The molecule has 32 heavy (non-hydrogen) atoms. The quantitative estimate of drug-likeness (QED) is 0.600. The van der Waals surface area contributed by atoms with Crippen LogP contribution in [-0.2, 0) is 18.3 Å². The van der Waals surface area contributed by atoms with Crippen LogP contribution in [0.3, 0.4) is 0 Å². The van der Waals surface area contributed by atoms with Crippen LogP contribution in [0.4, 0.5) is 30.6 Å². The van der Waals surface area contributed by atoms with E-state index in [0.717, 1.165) is 6.07 Å². The molecular formula is C21H23F3N6O2. The molecule has 0 unspecified atom stereocenters. The lowest BCUT2D eigenvalue weighted by atomic mass is 10.1. The van der Waals surface area contributed by atoms with Crippen LogP contribution in [0.2, 0.25) is 0 Å². The topological polar surface area (TPSA) is 84.3 Å². The highest BCUT2D eigenvalue weighted by molar-refractivity contribution is 5.90. The number of anilines is 3. The fourth-order valence-electron chi connectivity index (χ4n) is 3.67. The number of aromatic nitrogens is 3.